The summed E-state index contributed by atoms with van der Waals surface area (Å²) in [6, 6.07) is 6.21. The van der Waals surface area contributed by atoms with E-state index in [1.807, 2.05) is 13.0 Å². The fourth-order valence-corrected chi connectivity index (χ4v) is 2.49. The third-order valence-electron chi connectivity index (χ3n) is 2.90. The second-order valence-electron chi connectivity index (χ2n) is 5.58. The molecule has 0 aromatic heterocycles. The van der Waals surface area contributed by atoms with Gasteiger partial charge in [-0.2, -0.15) is 0 Å². The third kappa shape index (κ3) is 4.70. The number of hydrogen-bond donors (Lipinski definition) is 1. The van der Waals surface area contributed by atoms with Crippen LogP contribution in [0, 0.1) is 6.92 Å². The SMILES string of the molecule is CCN(CCO[Si](C)(C)C)c1ccc(N)c(C)c1. The zero-order valence-corrected chi connectivity index (χ0v) is 13.3. The first kappa shape index (κ1) is 15.1. The van der Waals surface area contributed by atoms with Crippen LogP contribution in [0.4, 0.5) is 11.4 Å². The molecule has 0 saturated heterocycles. The summed E-state index contributed by atoms with van der Waals surface area (Å²) in [6.07, 6.45) is 0. The normalized spacial score (nSPS) is 11.6. The van der Waals surface area contributed by atoms with Gasteiger partial charge in [-0.25, -0.2) is 0 Å². The van der Waals surface area contributed by atoms with Gasteiger partial charge < -0.3 is 15.1 Å². The number of hydrogen-bond acceptors (Lipinski definition) is 3. The minimum Gasteiger partial charge on any atom is -0.416 e. The first-order chi connectivity index (χ1) is 8.33. The predicted molar refractivity (Wildman–Crippen MR) is 82.8 cm³/mol. The van der Waals surface area contributed by atoms with E-state index in [-0.39, 0.29) is 0 Å². The Morgan fingerprint density at radius 3 is 2.44 bits per heavy atom. The lowest BCUT2D eigenvalue weighted by molar-refractivity contribution is 0.318. The lowest BCUT2D eigenvalue weighted by Crippen LogP contribution is -2.33. The van der Waals surface area contributed by atoms with Crippen LogP contribution in [-0.2, 0) is 4.43 Å². The summed E-state index contributed by atoms with van der Waals surface area (Å²) >= 11 is 0. The van der Waals surface area contributed by atoms with Gasteiger partial charge in [-0.1, -0.05) is 0 Å². The van der Waals surface area contributed by atoms with Crippen molar-refractivity contribution < 1.29 is 4.43 Å². The van der Waals surface area contributed by atoms with Crippen molar-refractivity contribution in [2.75, 3.05) is 30.3 Å². The van der Waals surface area contributed by atoms with E-state index < -0.39 is 8.32 Å². The Labute approximate surface area is 112 Å². The molecule has 1 aromatic rings. The van der Waals surface area contributed by atoms with Crippen molar-refractivity contribution in [3.63, 3.8) is 0 Å². The Balaban J connectivity index is 2.63. The Bertz CT molecular complexity index is 388. The molecule has 0 aliphatic rings. The Kier molecular flexibility index (Phi) is 5.23. The molecule has 0 amide bonds. The highest BCUT2D eigenvalue weighted by molar-refractivity contribution is 6.69. The van der Waals surface area contributed by atoms with Crippen molar-refractivity contribution in [1.29, 1.82) is 0 Å². The molecule has 0 saturated carbocycles. The van der Waals surface area contributed by atoms with Crippen LogP contribution in [0.1, 0.15) is 12.5 Å². The van der Waals surface area contributed by atoms with Crippen LogP contribution in [0.5, 0.6) is 0 Å². The molecule has 3 nitrogen and oxygen atoms in total. The van der Waals surface area contributed by atoms with Gasteiger partial charge in [0.1, 0.15) is 0 Å². The predicted octanol–water partition coefficient (Wildman–Crippen LogP) is 3.26. The van der Waals surface area contributed by atoms with Crippen molar-refractivity contribution >= 4 is 19.7 Å². The highest BCUT2D eigenvalue weighted by atomic mass is 28.4. The summed E-state index contributed by atoms with van der Waals surface area (Å²) in [5.41, 5.74) is 9.07. The average molecular weight is 266 g/mol. The fraction of sp³-hybridized carbons (Fsp3) is 0.571. The van der Waals surface area contributed by atoms with E-state index in [2.05, 4.69) is 43.6 Å². The van der Waals surface area contributed by atoms with E-state index >= 15 is 0 Å². The minimum absolute atomic E-state index is 0.799. The number of likely N-dealkylation sites (N-methyl/N-ethyl adjacent to an activating group) is 1. The maximum atomic E-state index is 5.91. The van der Waals surface area contributed by atoms with Crippen molar-refractivity contribution in [2.45, 2.75) is 33.5 Å². The van der Waals surface area contributed by atoms with Gasteiger partial charge in [-0.05, 0) is 57.3 Å². The molecule has 1 rings (SSSR count). The summed E-state index contributed by atoms with van der Waals surface area (Å²) in [4.78, 5) is 2.33. The van der Waals surface area contributed by atoms with Crippen LogP contribution in [0.2, 0.25) is 19.6 Å². The highest BCUT2D eigenvalue weighted by Crippen LogP contribution is 2.20. The zero-order valence-electron chi connectivity index (χ0n) is 12.3. The number of nitrogen functional groups attached to an aromatic ring is 1. The van der Waals surface area contributed by atoms with Gasteiger partial charge in [-0.15, -0.1) is 0 Å². The van der Waals surface area contributed by atoms with Crippen LogP contribution in [0.25, 0.3) is 0 Å². The summed E-state index contributed by atoms with van der Waals surface area (Å²) in [5.74, 6) is 0. The van der Waals surface area contributed by atoms with Crippen molar-refractivity contribution in [2.24, 2.45) is 0 Å². The molecule has 0 aliphatic carbocycles. The largest absolute Gasteiger partial charge is 0.416 e. The van der Waals surface area contributed by atoms with E-state index in [0.717, 1.165) is 30.9 Å². The number of nitrogens with two attached hydrogens (primary N) is 1. The molecule has 0 spiro atoms. The number of rotatable bonds is 6. The lowest BCUT2D eigenvalue weighted by atomic mass is 10.1. The summed E-state index contributed by atoms with van der Waals surface area (Å²) in [5, 5.41) is 0. The monoisotopic (exact) mass is 266 g/mol. The van der Waals surface area contributed by atoms with E-state index in [4.69, 9.17) is 10.2 Å². The molecule has 0 fully saturated rings. The lowest BCUT2D eigenvalue weighted by Gasteiger charge is -2.26. The van der Waals surface area contributed by atoms with Crippen LogP contribution in [-0.4, -0.2) is 28.0 Å². The molecule has 0 radical (unpaired) electrons. The van der Waals surface area contributed by atoms with Gasteiger partial charge in [0.25, 0.3) is 0 Å². The van der Waals surface area contributed by atoms with E-state index in [0.29, 0.717) is 0 Å². The van der Waals surface area contributed by atoms with E-state index in [9.17, 15) is 0 Å². The quantitative estimate of drug-likeness (QED) is 0.634. The standard InChI is InChI=1S/C14H26N2OSi/c1-6-16(9-10-17-18(3,4)5)13-7-8-14(15)12(2)11-13/h7-8,11H,6,9-10,15H2,1-5H3. The highest BCUT2D eigenvalue weighted by Gasteiger charge is 2.14. The van der Waals surface area contributed by atoms with Crippen LogP contribution < -0.4 is 10.6 Å². The van der Waals surface area contributed by atoms with Gasteiger partial charge in [0.2, 0.25) is 0 Å². The van der Waals surface area contributed by atoms with Crippen LogP contribution >= 0.6 is 0 Å². The molecule has 102 valence electrons. The first-order valence-corrected chi connectivity index (χ1v) is 9.99. The molecule has 18 heavy (non-hydrogen) atoms. The smallest absolute Gasteiger partial charge is 0.183 e. The molecule has 2 N–H and O–H groups in total. The molecule has 0 atom stereocenters. The van der Waals surface area contributed by atoms with E-state index in [1.54, 1.807) is 0 Å². The molecular weight excluding hydrogens is 240 g/mol. The van der Waals surface area contributed by atoms with Crippen molar-refractivity contribution in [3.8, 4) is 0 Å². The van der Waals surface area contributed by atoms with Gasteiger partial charge in [-0.3, -0.25) is 0 Å². The van der Waals surface area contributed by atoms with Crippen LogP contribution in [0.15, 0.2) is 18.2 Å². The Morgan fingerprint density at radius 2 is 1.94 bits per heavy atom. The van der Waals surface area contributed by atoms with Crippen LogP contribution in [0.3, 0.4) is 0 Å². The number of aryl methyl sites for hydroxylation is 1. The molecule has 0 bridgehead atoms. The van der Waals surface area contributed by atoms with E-state index in [1.165, 1.54) is 5.69 Å². The summed E-state index contributed by atoms with van der Waals surface area (Å²) in [7, 11) is -1.40. The maximum Gasteiger partial charge on any atom is 0.183 e. The Morgan fingerprint density at radius 1 is 1.28 bits per heavy atom. The molecular formula is C14H26N2OSi. The number of anilines is 2. The molecule has 4 heteroatoms. The molecule has 0 aliphatic heterocycles. The van der Waals surface area contributed by atoms with Gasteiger partial charge in [0.05, 0.1) is 6.61 Å². The fourth-order valence-electron chi connectivity index (χ4n) is 1.79. The zero-order chi connectivity index (χ0) is 13.8. The third-order valence-corrected chi connectivity index (χ3v) is 3.97. The second-order valence-corrected chi connectivity index (χ2v) is 10.1. The summed E-state index contributed by atoms with van der Waals surface area (Å²) in [6.45, 7) is 13.6. The van der Waals surface area contributed by atoms with Gasteiger partial charge in [0.15, 0.2) is 8.32 Å². The first-order valence-electron chi connectivity index (χ1n) is 6.58. The maximum absolute atomic E-state index is 5.91. The average Bonchev–Trinajstić information content (AvgIpc) is 2.27. The molecule has 1 aromatic carbocycles. The topological polar surface area (TPSA) is 38.5 Å². The van der Waals surface area contributed by atoms with Gasteiger partial charge in [0, 0.05) is 24.5 Å². The van der Waals surface area contributed by atoms with Crippen molar-refractivity contribution in [1.82, 2.24) is 0 Å². The second kappa shape index (κ2) is 6.25. The summed E-state index contributed by atoms with van der Waals surface area (Å²) < 4.78 is 5.91. The molecule has 0 heterocycles. The number of nitrogens with zero attached hydrogens (tertiary/aromatic N) is 1. The van der Waals surface area contributed by atoms with Gasteiger partial charge >= 0.3 is 0 Å². The Hall–Kier alpha value is -1.00. The van der Waals surface area contributed by atoms with Crippen molar-refractivity contribution in [3.05, 3.63) is 23.8 Å². The minimum atomic E-state index is -1.40. The number of benzene rings is 1. The molecule has 0 unspecified atom stereocenters.